The highest BCUT2D eigenvalue weighted by atomic mass is 35.5. The zero-order chi connectivity index (χ0) is 16.2. The van der Waals surface area contributed by atoms with Crippen molar-refractivity contribution in [1.82, 2.24) is 19.8 Å². The predicted octanol–water partition coefficient (Wildman–Crippen LogP) is 1.60. The van der Waals surface area contributed by atoms with Crippen molar-refractivity contribution in [2.24, 2.45) is 5.92 Å². The number of nitrogens with zero attached hydrogens (tertiary/aromatic N) is 2. The number of hydrogen-bond donors (Lipinski definition) is 2. The maximum absolute atomic E-state index is 12.5. The fourth-order valence-corrected chi connectivity index (χ4v) is 3.23. The number of benzene rings is 1. The van der Waals surface area contributed by atoms with Crippen molar-refractivity contribution in [3.63, 3.8) is 0 Å². The maximum atomic E-state index is 12.5. The summed E-state index contributed by atoms with van der Waals surface area (Å²) in [6.45, 7) is 5.80. The minimum Gasteiger partial charge on any atom is -0.341 e. The summed E-state index contributed by atoms with van der Waals surface area (Å²) in [6.07, 6.45) is 2.06. The van der Waals surface area contributed by atoms with Crippen LogP contribution in [0.15, 0.2) is 29.1 Å². The number of carbonyl (C=O) groups is 1. The minimum atomic E-state index is -0.221. The number of imidazole rings is 1. The molecule has 2 heterocycles. The molecule has 1 fully saturated rings. The van der Waals surface area contributed by atoms with Crippen molar-refractivity contribution in [3.05, 3.63) is 34.7 Å². The lowest BCUT2D eigenvalue weighted by Crippen LogP contribution is -2.43. The van der Waals surface area contributed by atoms with E-state index < -0.39 is 0 Å². The first kappa shape index (κ1) is 18.5. The van der Waals surface area contributed by atoms with Gasteiger partial charge in [0.05, 0.1) is 11.0 Å². The van der Waals surface area contributed by atoms with E-state index in [0.717, 1.165) is 50.1 Å². The van der Waals surface area contributed by atoms with Crippen molar-refractivity contribution in [3.8, 4) is 0 Å². The van der Waals surface area contributed by atoms with Crippen LogP contribution in [0.5, 0.6) is 0 Å². The van der Waals surface area contributed by atoms with Gasteiger partial charge in [0.25, 0.3) is 0 Å². The lowest BCUT2D eigenvalue weighted by atomic mass is 9.97. The number of aromatic amines is 1. The Kier molecular flexibility index (Phi) is 6.45. The molecule has 2 N–H and O–H groups in total. The minimum absolute atomic E-state index is 0. The number of aromatic nitrogens is 2. The van der Waals surface area contributed by atoms with Gasteiger partial charge in [-0.15, -0.1) is 12.4 Å². The summed E-state index contributed by atoms with van der Waals surface area (Å²) < 4.78 is 1.53. The van der Waals surface area contributed by atoms with Crippen LogP contribution >= 0.6 is 12.4 Å². The van der Waals surface area contributed by atoms with Crippen molar-refractivity contribution in [2.45, 2.75) is 26.3 Å². The van der Waals surface area contributed by atoms with Gasteiger partial charge in [-0.2, -0.15) is 0 Å². The highest BCUT2D eigenvalue weighted by molar-refractivity contribution is 5.85. The summed E-state index contributed by atoms with van der Waals surface area (Å²) in [5.41, 5.74) is 1.34. The smallest absolute Gasteiger partial charge is 0.326 e. The summed E-state index contributed by atoms with van der Waals surface area (Å²) in [5, 5.41) is 3.37. The number of nitrogens with one attached hydrogen (secondary N) is 2. The maximum Gasteiger partial charge on any atom is 0.326 e. The molecule has 1 aliphatic rings. The molecule has 1 aliphatic heterocycles. The first-order valence-electron chi connectivity index (χ1n) is 8.35. The normalized spacial score (nSPS) is 15.5. The molecule has 2 aromatic rings. The van der Waals surface area contributed by atoms with Gasteiger partial charge < -0.3 is 15.2 Å². The molecule has 0 radical (unpaired) electrons. The number of hydrogen-bond acceptors (Lipinski definition) is 3. The van der Waals surface area contributed by atoms with Crippen molar-refractivity contribution in [2.75, 3.05) is 26.2 Å². The van der Waals surface area contributed by atoms with Gasteiger partial charge in [0.15, 0.2) is 0 Å². The standard InChI is InChI=1S/C17H24N4O2.ClH/c1-2-18-11-13-7-9-20(10-8-13)16(22)12-21-15-6-4-3-5-14(15)19-17(21)23;/h3-6,13,18H,2,7-12H2,1H3,(H,19,23);1H. The number of H-pyrrole nitrogens is 1. The monoisotopic (exact) mass is 352 g/mol. The molecule has 3 rings (SSSR count). The zero-order valence-corrected chi connectivity index (χ0v) is 14.8. The average Bonchev–Trinajstić information content (AvgIpc) is 2.89. The van der Waals surface area contributed by atoms with E-state index in [9.17, 15) is 9.59 Å². The Balaban J connectivity index is 0.00000208. The number of carbonyl (C=O) groups excluding carboxylic acids is 1. The van der Waals surface area contributed by atoms with E-state index in [1.165, 1.54) is 4.57 Å². The molecule has 0 aliphatic carbocycles. The van der Waals surface area contributed by atoms with Crippen molar-refractivity contribution in [1.29, 1.82) is 0 Å². The molecule has 0 unspecified atom stereocenters. The average molecular weight is 353 g/mol. The zero-order valence-electron chi connectivity index (χ0n) is 14.0. The highest BCUT2D eigenvalue weighted by Gasteiger charge is 2.23. The number of halogens is 1. The predicted molar refractivity (Wildman–Crippen MR) is 97.7 cm³/mol. The molecule has 1 aromatic heterocycles. The number of amides is 1. The summed E-state index contributed by atoms with van der Waals surface area (Å²) in [5.74, 6) is 0.675. The summed E-state index contributed by atoms with van der Waals surface area (Å²) in [7, 11) is 0. The topological polar surface area (TPSA) is 70.1 Å². The van der Waals surface area contributed by atoms with E-state index in [1.54, 1.807) is 0 Å². The van der Waals surface area contributed by atoms with Crippen LogP contribution in [-0.2, 0) is 11.3 Å². The molecule has 1 amide bonds. The Labute approximate surface area is 147 Å². The molecule has 1 aromatic carbocycles. The van der Waals surface area contributed by atoms with Crippen LogP contribution in [0.3, 0.4) is 0 Å². The highest BCUT2D eigenvalue weighted by Crippen LogP contribution is 2.17. The van der Waals surface area contributed by atoms with Crippen LogP contribution < -0.4 is 11.0 Å². The van der Waals surface area contributed by atoms with E-state index in [4.69, 9.17) is 0 Å². The van der Waals surface area contributed by atoms with Gasteiger partial charge in [0.2, 0.25) is 5.91 Å². The van der Waals surface area contributed by atoms with Crippen LogP contribution in [0, 0.1) is 5.92 Å². The Morgan fingerprint density at radius 3 is 2.71 bits per heavy atom. The van der Waals surface area contributed by atoms with Gasteiger partial charge in [-0.3, -0.25) is 9.36 Å². The van der Waals surface area contributed by atoms with Crippen molar-refractivity contribution < 1.29 is 4.79 Å². The SMILES string of the molecule is CCNCC1CCN(C(=O)Cn2c(=O)[nH]c3ccccc32)CC1.Cl. The second-order valence-corrected chi connectivity index (χ2v) is 6.17. The van der Waals surface area contributed by atoms with Gasteiger partial charge in [-0.25, -0.2) is 4.79 Å². The second kappa shape index (κ2) is 8.35. The second-order valence-electron chi connectivity index (χ2n) is 6.17. The van der Waals surface area contributed by atoms with Gasteiger partial charge in [0.1, 0.15) is 6.54 Å². The Hall–Kier alpha value is -1.79. The van der Waals surface area contributed by atoms with Gasteiger partial charge >= 0.3 is 5.69 Å². The Morgan fingerprint density at radius 1 is 1.29 bits per heavy atom. The Morgan fingerprint density at radius 2 is 2.00 bits per heavy atom. The molecule has 132 valence electrons. The molecule has 0 bridgehead atoms. The van der Waals surface area contributed by atoms with Crippen LogP contribution in [-0.4, -0.2) is 46.5 Å². The first-order valence-corrected chi connectivity index (χ1v) is 8.35. The van der Waals surface area contributed by atoms with Crippen LogP contribution in [0.25, 0.3) is 11.0 Å². The molecule has 24 heavy (non-hydrogen) atoms. The lowest BCUT2D eigenvalue weighted by Gasteiger charge is -2.32. The van der Waals surface area contributed by atoms with Gasteiger partial charge in [-0.05, 0) is 44.0 Å². The number of para-hydroxylation sites is 2. The number of likely N-dealkylation sites (tertiary alicyclic amines) is 1. The largest absolute Gasteiger partial charge is 0.341 e. The summed E-state index contributed by atoms with van der Waals surface area (Å²) in [6, 6.07) is 7.47. The van der Waals surface area contributed by atoms with Crippen LogP contribution in [0.4, 0.5) is 0 Å². The summed E-state index contributed by atoms with van der Waals surface area (Å²) in [4.78, 5) is 29.3. The first-order chi connectivity index (χ1) is 11.2. The summed E-state index contributed by atoms with van der Waals surface area (Å²) >= 11 is 0. The number of rotatable bonds is 5. The molecular formula is C17H25ClN4O2. The van der Waals surface area contributed by atoms with E-state index in [1.807, 2.05) is 29.2 Å². The lowest BCUT2D eigenvalue weighted by molar-refractivity contribution is -0.133. The van der Waals surface area contributed by atoms with E-state index >= 15 is 0 Å². The van der Waals surface area contributed by atoms with E-state index in [-0.39, 0.29) is 30.5 Å². The quantitative estimate of drug-likeness (QED) is 0.858. The molecule has 0 spiro atoms. The van der Waals surface area contributed by atoms with E-state index in [0.29, 0.717) is 5.92 Å². The van der Waals surface area contributed by atoms with Gasteiger partial charge in [-0.1, -0.05) is 19.1 Å². The fourth-order valence-electron chi connectivity index (χ4n) is 3.23. The molecule has 1 saturated heterocycles. The van der Waals surface area contributed by atoms with Crippen molar-refractivity contribution >= 4 is 29.3 Å². The van der Waals surface area contributed by atoms with Gasteiger partial charge in [0, 0.05) is 13.1 Å². The molecule has 0 atom stereocenters. The fraction of sp³-hybridized carbons (Fsp3) is 0.529. The number of fused-ring (bicyclic) bond motifs is 1. The van der Waals surface area contributed by atoms with E-state index in [2.05, 4.69) is 17.2 Å². The third-order valence-corrected chi connectivity index (χ3v) is 4.63. The number of piperidine rings is 1. The molecular weight excluding hydrogens is 328 g/mol. The van der Waals surface area contributed by atoms with Crippen LogP contribution in [0.2, 0.25) is 0 Å². The third kappa shape index (κ3) is 3.99. The third-order valence-electron chi connectivity index (χ3n) is 4.63. The molecule has 6 nitrogen and oxygen atoms in total. The molecule has 7 heteroatoms. The van der Waals surface area contributed by atoms with Crippen LogP contribution in [0.1, 0.15) is 19.8 Å². The molecule has 0 saturated carbocycles. The Bertz CT molecular complexity index is 732.